The van der Waals surface area contributed by atoms with Crippen LogP contribution in [-0.4, -0.2) is 36.3 Å². The summed E-state index contributed by atoms with van der Waals surface area (Å²) >= 11 is 0. The van der Waals surface area contributed by atoms with Crippen molar-refractivity contribution in [1.82, 2.24) is 4.90 Å². The van der Waals surface area contributed by atoms with Gasteiger partial charge in [-0.05, 0) is 36.6 Å². The average molecular weight is 302 g/mol. The predicted molar refractivity (Wildman–Crippen MR) is 70.8 cm³/mol. The van der Waals surface area contributed by atoms with Gasteiger partial charge in [0.05, 0.1) is 0 Å². The van der Waals surface area contributed by atoms with Crippen LogP contribution in [0.4, 0.5) is 13.2 Å². The summed E-state index contributed by atoms with van der Waals surface area (Å²) in [5.41, 5.74) is 6.26. The Bertz CT molecular complexity index is 502. The maximum atomic E-state index is 12.3. The molecule has 21 heavy (non-hydrogen) atoms. The molecule has 2 rings (SSSR count). The van der Waals surface area contributed by atoms with E-state index < -0.39 is 6.36 Å². The minimum Gasteiger partial charge on any atom is -0.406 e. The smallest absolute Gasteiger partial charge is 0.406 e. The number of nitrogens with two attached hydrogens (primary N) is 1. The third kappa shape index (κ3) is 4.10. The lowest BCUT2D eigenvalue weighted by molar-refractivity contribution is -0.274. The number of halogens is 3. The number of benzene rings is 1. The fourth-order valence-electron chi connectivity index (χ4n) is 2.27. The number of carbonyl (C=O) groups excluding carboxylic acids is 1. The van der Waals surface area contributed by atoms with Crippen molar-refractivity contribution in [3.05, 3.63) is 29.8 Å². The highest BCUT2D eigenvalue weighted by molar-refractivity contribution is 5.94. The molecule has 1 aromatic rings. The first-order chi connectivity index (χ1) is 9.76. The highest BCUT2D eigenvalue weighted by Crippen LogP contribution is 2.24. The Morgan fingerprint density at radius 3 is 2.48 bits per heavy atom. The molecule has 0 radical (unpaired) electrons. The first-order valence-electron chi connectivity index (χ1n) is 6.67. The molecule has 0 spiro atoms. The molecule has 1 heterocycles. The number of hydrogen-bond acceptors (Lipinski definition) is 3. The standard InChI is InChI=1S/C14H17F3N2O2/c1-9-6-7-19(8-12(9)18)13(20)10-2-4-11(5-3-10)21-14(15,16)17/h2-5,9,12H,6-8,18H2,1H3. The number of alkyl halides is 3. The molecule has 0 saturated carbocycles. The molecule has 0 aromatic heterocycles. The quantitative estimate of drug-likeness (QED) is 0.912. The topological polar surface area (TPSA) is 55.6 Å². The molecule has 0 aliphatic carbocycles. The Hall–Kier alpha value is -1.76. The van der Waals surface area contributed by atoms with Crippen molar-refractivity contribution in [2.45, 2.75) is 25.7 Å². The van der Waals surface area contributed by atoms with E-state index in [1.807, 2.05) is 6.92 Å². The van der Waals surface area contributed by atoms with Gasteiger partial charge in [-0.25, -0.2) is 0 Å². The monoisotopic (exact) mass is 302 g/mol. The molecular formula is C14H17F3N2O2. The van der Waals surface area contributed by atoms with E-state index in [-0.39, 0.29) is 17.7 Å². The zero-order valence-electron chi connectivity index (χ0n) is 11.6. The number of rotatable bonds is 2. The van der Waals surface area contributed by atoms with Crippen molar-refractivity contribution in [2.24, 2.45) is 11.7 Å². The summed E-state index contributed by atoms with van der Waals surface area (Å²) in [6, 6.07) is 4.84. The fourth-order valence-corrected chi connectivity index (χ4v) is 2.27. The lowest BCUT2D eigenvalue weighted by Crippen LogP contribution is -2.49. The molecule has 2 N–H and O–H groups in total. The Morgan fingerprint density at radius 1 is 1.33 bits per heavy atom. The normalized spacial score (nSPS) is 23.0. The largest absolute Gasteiger partial charge is 0.573 e. The second-order valence-corrected chi connectivity index (χ2v) is 5.25. The van der Waals surface area contributed by atoms with E-state index in [1.54, 1.807) is 4.90 Å². The third-order valence-electron chi connectivity index (χ3n) is 3.64. The first kappa shape index (κ1) is 15.6. The second-order valence-electron chi connectivity index (χ2n) is 5.25. The summed E-state index contributed by atoms with van der Waals surface area (Å²) < 4.78 is 39.9. The van der Waals surface area contributed by atoms with Crippen LogP contribution in [0.2, 0.25) is 0 Å². The third-order valence-corrected chi connectivity index (χ3v) is 3.64. The van der Waals surface area contributed by atoms with Gasteiger partial charge in [-0.3, -0.25) is 4.79 Å². The molecule has 0 bridgehead atoms. The highest BCUT2D eigenvalue weighted by atomic mass is 19.4. The molecule has 4 nitrogen and oxygen atoms in total. The van der Waals surface area contributed by atoms with E-state index in [1.165, 1.54) is 12.1 Å². The molecule has 1 amide bonds. The number of nitrogens with zero attached hydrogens (tertiary/aromatic N) is 1. The van der Waals surface area contributed by atoms with Crippen molar-refractivity contribution in [1.29, 1.82) is 0 Å². The highest BCUT2D eigenvalue weighted by Gasteiger charge is 2.31. The van der Waals surface area contributed by atoms with E-state index in [4.69, 9.17) is 5.73 Å². The van der Waals surface area contributed by atoms with E-state index >= 15 is 0 Å². The van der Waals surface area contributed by atoms with Crippen LogP contribution < -0.4 is 10.5 Å². The van der Waals surface area contributed by atoms with Crippen LogP contribution in [0.5, 0.6) is 5.75 Å². The number of carbonyl (C=O) groups is 1. The summed E-state index contributed by atoms with van der Waals surface area (Å²) in [5.74, 6) is -0.212. The summed E-state index contributed by atoms with van der Waals surface area (Å²) in [5, 5.41) is 0. The fraction of sp³-hybridized carbons (Fsp3) is 0.500. The van der Waals surface area contributed by atoms with Gasteiger partial charge in [-0.15, -0.1) is 13.2 Å². The number of ether oxygens (including phenoxy) is 1. The Morgan fingerprint density at radius 2 is 1.95 bits per heavy atom. The van der Waals surface area contributed by atoms with Crippen LogP contribution >= 0.6 is 0 Å². The van der Waals surface area contributed by atoms with Gasteiger partial charge in [-0.1, -0.05) is 6.92 Å². The summed E-state index contributed by atoms with van der Waals surface area (Å²) in [6.45, 7) is 3.10. The van der Waals surface area contributed by atoms with Gasteiger partial charge in [0.15, 0.2) is 0 Å². The van der Waals surface area contributed by atoms with E-state index in [0.29, 0.717) is 24.6 Å². The van der Waals surface area contributed by atoms with E-state index in [0.717, 1.165) is 18.6 Å². The van der Waals surface area contributed by atoms with Crippen LogP contribution in [0.3, 0.4) is 0 Å². The van der Waals surface area contributed by atoms with Gasteiger partial charge in [0.1, 0.15) is 5.75 Å². The maximum Gasteiger partial charge on any atom is 0.573 e. The SMILES string of the molecule is CC1CCN(C(=O)c2ccc(OC(F)(F)F)cc2)CC1N. The van der Waals surface area contributed by atoms with Crippen molar-refractivity contribution in [3.8, 4) is 5.75 Å². The molecule has 1 aliphatic rings. The lowest BCUT2D eigenvalue weighted by atomic mass is 9.94. The molecule has 1 aliphatic heterocycles. The van der Waals surface area contributed by atoms with Crippen LogP contribution in [-0.2, 0) is 0 Å². The Kier molecular flexibility index (Phi) is 4.41. The van der Waals surface area contributed by atoms with Gasteiger partial charge in [-0.2, -0.15) is 0 Å². The molecule has 2 unspecified atom stereocenters. The lowest BCUT2D eigenvalue weighted by Gasteiger charge is -2.35. The zero-order chi connectivity index (χ0) is 15.6. The van der Waals surface area contributed by atoms with E-state index in [2.05, 4.69) is 4.74 Å². The van der Waals surface area contributed by atoms with Gasteiger partial charge in [0.25, 0.3) is 5.91 Å². The van der Waals surface area contributed by atoms with Crippen molar-refractivity contribution >= 4 is 5.91 Å². The van der Waals surface area contributed by atoms with Crippen molar-refractivity contribution in [2.75, 3.05) is 13.1 Å². The van der Waals surface area contributed by atoms with Gasteiger partial charge in [0, 0.05) is 24.7 Å². The first-order valence-corrected chi connectivity index (χ1v) is 6.67. The predicted octanol–water partition coefficient (Wildman–Crippen LogP) is 2.39. The molecular weight excluding hydrogens is 285 g/mol. The van der Waals surface area contributed by atoms with Crippen LogP contribution in [0.25, 0.3) is 0 Å². The molecule has 116 valence electrons. The van der Waals surface area contributed by atoms with E-state index in [9.17, 15) is 18.0 Å². The Labute approximate surface area is 120 Å². The van der Waals surface area contributed by atoms with Gasteiger partial charge in [0.2, 0.25) is 0 Å². The number of amides is 1. The zero-order valence-corrected chi connectivity index (χ0v) is 11.6. The molecule has 7 heteroatoms. The minimum atomic E-state index is -4.73. The van der Waals surface area contributed by atoms with Gasteiger partial charge >= 0.3 is 6.36 Å². The number of hydrogen-bond donors (Lipinski definition) is 1. The van der Waals surface area contributed by atoms with Crippen molar-refractivity contribution < 1.29 is 22.7 Å². The number of piperidine rings is 1. The number of likely N-dealkylation sites (tertiary alicyclic amines) is 1. The van der Waals surface area contributed by atoms with Crippen molar-refractivity contribution in [3.63, 3.8) is 0 Å². The molecule has 1 fully saturated rings. The average Bonchev–Trinajstić information content (AvgIpc) is 2.40. The molecule has 1 aromatic carbocycles. The molecule has 2 atom stereocenters. The summed E-state index contributed by atoms with van der Waals surface area (Å²) in [4.78, 5) is 13.9. The summed E-state index contributed by atoms with van der Waals surface area (Å²) in [6.07, 6.45) is -3.91. The minimum absolute atomic E-state index is 0.0736. The Balaban J connectivity index is 2.03. The summed E-state index contributed by atoms with van der Waals surface area (Å²) in [7, 11) is 0. The van der Waals surface area contributed by atoms with Gasteiger partial charge < -0.3 is 15.4 Å². The second kappa shape index (κ2) is 5.93. The maximum absolute atomic E-state index is 12.3. The van der Waals surface area contributed by atoms with Crippen LogP contribution in [0, 0.1) is 5.92 Å². The van der Waals surface area contributed by atoms with Crippen LogP contribution in [0.1, 0.15) is 23.7 Å². The molecule has 1 saturated heterocycles. The van der Waals surface area contributed by atoms with Crippen LogP contribution in [0.15, 0.2) is 24.3 Å².